The van der Waals surface area contributed by atoms with Crippen molar-refractivity contribution in [2.45, 2.75) is 20.0 Å². The third-order valence-electron chi connectivity index (χ3n) is 2.82. The molecule has 0 aliphatic carbocycles. The standard InChI is InChI=1S/C17H17BrN2O2S/c1-11(2)22-16(21)12-3-7-14(8-4-12)19-17(23)20-15-9-5-13(18)6-10-15/h3-11H,1-2H3,(H2,19,20,23). The van der Waals surface area contributed by atoms with Gasteiger partial charge in [-0.05, 0) is 74.6 Å². The first-order valence-electron chi connectivity index (χ1n) is 7.08. The smallest absolute Gasteiger partial charge is 0.338 e. The van der Waals surface area contributed by atoms with Gasteiger partial charge in [-0.2, -0.15) is 0 Å². The van der Waals surface area contributed by atoms with Crippen molar-refractivity contribution in [2.24, 2.45) is 0 Å². The number of carbonyl (C=O) groups excluding carboxylic acids is 1. The summed E-state index contributed by atoms with van der Waals surface area (Å²) in [5, 5.41) is 6.63. The minimum absolute atomic E-state index is 0.136. The second kappa shape index (κ2) is 8.08. The van der Waals surface area contributed by atoms with Crippen molar-refractivity contribution in [1.29, 1.82) is 0 Å². The fraction of sp³-hybridized carbons (Fsp3) is 0.176. The lowest BCUT2D eigenvalue weighted by Crippen LogP contribution is -2.19. The van der Waals surface area contributed by atoms with Crippen molar-refractivity contribution < 1.29 is 9.53 Å². The van der Waals surface area contributed by atoms with Crippen LogP contribution >= 0.6 is 28.1 Å². The van der Waals surface area contributed by atoms with E-state index in [9.17, 15) is 4.79 Å². The Morgan fingerprint density at radius 2 is 1.48 bits per heavy atom. The molecule has 0 atom stereocenters. The van der Waals surface area contributed by atoms with E-state index < -0.39 is 0 Å². The minimum atomic E-state index is -0.331. The first-order valence-corrected chi connectivity index (χ1v) is 8.29. The topological polar surface area (TPSA) is 50.4 Å². The summed E-state index contributed by atoms with van der Waals surface area (Å²) in [4.78, 5) is 11.8. The number of hydrogen-bond donors (Lipinski definition) is 2. The first-order chi connectivity index (χ1) is 10.9. The van der Waals surface area contributed by atoms with Crippen LogP contribution < -0.4 is 10.6 Å². The van der Waals surface area contributed by atoms with Crippen LogP contribution in [0.25, 0.3) is 0 Å². The highest BCUT2D eigenvalue weighted by Gasteiger charge is 2.09. The van der Waals surface area contributed by atoms with Gasteiger partial charge in [0.05, 0.1) is 11.7 Å². The molecule has 0 amide bonds. The van der Waals surface area contributed by atoms with Crippen LogP contribution in [0.5, 0.6) is 0 Å². The second-order valence-corrected chi connectivity index (χ2v) is 6.44. The van der Waals surface area contributed by atoms with E-state index in [1.54, 1.807) is 24.3 Å². The molecule has 2 rings (SSSR count). The van der Waals surface area contributed by atoms with Gasteiger partial charge in [-0.15, -0.1) is 0 Å². The summed E-state index contributed by atoms with van der Waals surface area (Å²) in [6.45, 7) is 3.64. The van der Waals surface area contributed by atoms with Crippen LogP contribution in [0.1, 0.15) is 24.2 Å². The molecule has 0 aromatic heterocycles. The summed E-state index contributed by atoms with van der Waals surface area (Å²) in [5.74, 6) is -0.331. The van der Waals surface area contributed by atoms with Crippen LogP contribution in [0.3, 0.4) is 0 Å². The molecule has 0 aliphatic heterocycles. The molecule has 0 bridgehead atoms. The molecule has 0 fully saturated rings. The van der Waals surface area contributed by atoms with Crippen molar-refractivity contribution in [3.8, 4) is 0 Å². The summed E-state index contributed by atoms with van der Waals surface area (Å²) in [7, 11) is 0. The number of rotatable bonds is 4. The maximum Gasteiger partial charge on any atom is 0.338 e. The lowest BCUT2D eigenvalue weighted by Gasteiger charge is -2.11. The Morgan fingerprint density at radius 3 is 1.96 bits per heavy atom. The number of anilines is 2. The summed E-state index contributed by atoms with van der Waals surface area (Å²) in [5.41, 5.74) is 2.19. The van der Waals surface area contributed by atoms with Gasteiger partial charge in [0.1, 0.15) is 0 Å². The molecular weight excluding hydrogens is 376 g/mol. The van der Waals surface area contributed by atoms with Crippen molar-refractivity contribution in [1.82, 2.24) is 0 Å². The zero-order chi connectivity index (χ0) is 16.8. The third kappa shape index (κ3) is 5.65. The van der Waals surface area contributed by atoms with Gasteiger partial charge in [-0.1, -0.05) is 15.9 Å². The van der Waals surface area contributed by atoms with E-state index in [4.69, 9.17) is 17.0 Å². The molecule has 0 heterocycles. The van der Waals surface area contributed by atoms with E-state index in [1.165, 1.54) is 0 Å². The van der Waals surface area contributed by atoms with E-state index in [0.717, 1.165) is 15.8 Å². The van der Waals surface area contributed by atoms with Crippen molar-refractivity contribution in [3.05, 3.63) is 58.6 Å². The lowest BCUT2D eigenvalue weighted by molar-refractivity contribution is 0.0378. The first kappa shape index (κ1) is 17.4. The van der Waals surface area contributed by atoms with Gasteiger partial charge in [-0.3, -0.25) is 0 Å². The molecule has 0 spiro atoms. The molecule has 0 aliphatic rings. The highest BCUT2D eigenvalue weighted by molar-refractivity contribution is 9.10. The summed E-state index contributed by atoms with van der Waals surface area (Å²) in [6, 6.07) is 14.7. The normalized spacial score (nSPS) is 10.3. The Bertz CT molecular complexity index is 685. The number of thiocarbonyl (C=S) groups is 1. The van der Waals surface area contributed by atoms with Crippen molar-refractivity contribution in [3.63, 3.8) is 0 Å². The Morgan fingerprint density at radius 1 is 1.00 bits per heavy atom. The van der Waals surface area contributed by atoms with E-state index in [1.807, 2.05) is 38.1 Å². The zero-order valence-electron chi connectivity index (χ0n) is 12.8. The number of benzene rings is 2. The molecule has 2 N–H and O–H groups in total. The lowest BCUT2D eigenvalue weighted by atomic mass is 10.2. The molecule has 2 aromatic rings. The largest absolute Gasteiger partial charge is 0.459 e. The molecule has 6 heteroatoms. The van der Waals surface area contributed by atoms with Crippen LogP contribution in [0.2, 0.25) is 0 Å². The molecule has 2 aromatic carbocycles. The van der Waals surface area contributed by atoms with Gasteiger partial charge < -0.3 is 15.4 Å². The van der Waals surface area contributed by atoms with Gasteiger partial charge in [0.2, 0.25) is 0 Å². The maximum absolute atomic E-state index is 11.8. The van der Waals surface area contributed by atoms with Crippen LogP contribution in [0.4, 0.5) is 11.4 Å². The van der Waals surface area contributed by atoms with Gasteiger partial charge in [0, 0.05) is 15.8 Å². The van der Waals surface area contributed by atoms with Crippen molar-refractivity contribution in [2.75, 3.05) is 10.6 Å². The summed E-state index contributed by atoms with van der Waals surface area (Å²) >= 11 is 8.65. The molecule has 120 valence electrons. The minimum Gasteiger partial charge on any atom is -0.459 e. The summed E-state index contributed by atoms with van der Waals surface area (Å²) in [6.07, 6.45) is -0.136. The van der Waals surface area contributed by atoms with Gasteiger partial charge in [-0.25, -0.2) is 4.79 Å². The number of esters is 1. The van der Waals surface area contributed by atoms with E-state index in [2.05, 4.69) is 26.6 Å². The number of ether oxygens (including phenoxy) is 1. The van der Waals surface area contributed by atoms with Crippen molar-refractivity contribution >= 4 is 50.6 Å². The Hall–Kier alpha value is -1.92. The van der Waals surface area contributed by atoms with Crippen LogP contribution in [-0.4, -0.2) is 17.2 Å². The predicted octanol–water partition coefficient (Wildman–Crippen LogP) is 4.82. The highest BCUT2D eigenvalue weighted by Crippen LogP contribution is 2.15. The summed E-state index contributed by atoms with van der Waals surface area (Å²) < 4.78 is 6.15. The number of carbonyl (C=O) groups is 1. The van der Waals surface area contributed by atoms with Gasteiger partial charge >= 0.3 is 5.97 Å². The molecule has 0 saturated carbocycles. The quantitative estimate of drug-likeness (QED) is 0.576. The zero-order valence-corrected chi connectivity index (χ0v) is 15.2. The molecular formula is C17H17BrN2O2S. The molecule has 0 saturated heterocycles. The Balaban J connectivity index is 1.93. The molecule has 23 heavy (non-hydrogen) atoms. The van der Waals surface area contributed by atoms with Crippen LogP contribution in [0.15, 0.2) is 53.0 Å². The van der Waals surface area contributed by atoms with E-state index >= 15 is 0 Å². The molecule has 0 unspecified atom stereocenters. The second-order valence-electron chi connectivity index (χ2n) is 5.12. The molecule has 4 nitrogen and oxygen atoms in total. The SMILES string of the molecule is CC(C)OC(=O)c1ccc(NC(=S)Nc2ccc(Br)cc2)cc1. The number of hydrogen-bond acceptors (Lipinski definition) is 3. The van der Waals surface area contributed by atoms with Gasteiger partial charge in [0.25, 0.3) is 0 Å². The van der Waals surface area contributed by atoms with Crippen LogP contribution in [0, 0.1) is 0 Å². The fourth-order valence-electron chi connectivity index (χ4n) is 1.80. The van der Waals surface area contributed by atoms with Gasteiger partial charge in [0.15, 0.2) is 5.11 Å². The Kier molecular flexibility index (Phi) is 6.12. The number of halogens is 1. The average Bonchev–Trinajstić information content (AvgIpc) is 2.49. The highest BCUT2D eigenvalue weighted by atomic mass is 79.9. The molecule has 0 radical (unpaired) electrons. The monoisotopic (exact) mass is 392 g/mol. The van der Waals surface area contributed by atoms with Crippen LogP contribution in [-0.2, 0) is 4.74 Å². The van der Waals surface area contributed by atoms with E-state index in [-0.39, 0.29) is 12.1 Å². The third-order valence-corrected chi connectivity index (χ3v) is 3.56. The Labute approximate surface area is 149 Å². The van der Waals surface area contributed by atoms with E-state index in [0.29, 0.717) is 10.7 Å². The number of nitrogens with one attached hydrogen (secondary N) is 2. The maximum atomic E-state index is 11.8. The predicted molar refractivity (Wildman–Crippen MR) is 101 cm³/mol. The average molecular weight is 393 g/mol. The fourth-order valence-corrected chi connectivity index (χ4v) is 2.30.